The largest absolute Gasteiger partial charge is 0.446 e. The Morgan fingerprint density at radius 1 is 0.607 bits per heavy atom. The molecule has 2 aliphatic carbocycles. The van der Waals surface area contributed by atoms with Crippen molar-refractivity contribution in [2.75, 3.05) is 11.5 Å². The van der Waals surface area contributed by atoms with Gasteiger partial charge < -0.3 is 31.6 Å². The van der Waals surface area contributed by atoms with Gasteiger partial charge in [0.25, 0.3) is 0 Å². The molecule has 2 amide bonds. The number of nitrogens with two attached hydrogens (primary N) is 2. The highest BCUT2D eigenvalue weighted by Gasteiger charge is 2.43. The molecule has 6 N–H and O–H groups in total. The maximum atomic E-state index is 13.8. The normalized spacial score (nSPS) is 23.0. The number of para-hydroxylation sites is 2. The van der Waals surface area contributed by atoms with Crippen LogP contribution < -0.4 is 22.1 Å². The number of hydrogen-bond donors (Lipinski definition) is 4. The van der Waals surface area contributed by atoms with Gasteiger partial charge in [-0.15, -0.1) is 0 Å². The fourth-order valence-electron chi connectivity index (χ4n) is 8.38. The van der Waals surface area contributed by atoms with Gasteiger partial charge in [-0.2, -0.15) is 10.2 Å². The Morgan fingerprint density at radius 2 is 1.21 bits per heavy atom. The molecule has 4 aromatic carbocycles. The van der Waals surface area contributed by atoms with E-state index in [4.69, 9.17) is 31.1 Å². The van der Waals surface area contributed by atoms with E-state index in [0.29, 0.717) is 30.9 Å². The van der Waals surface area contributed by atoms with Crippen LogP contribution >= 0.6 is 0 Å². The van der Waals surface area contributed by atoms with Gasteiger partial charge in [0.1, 0.15) is 12.2 Å². The number of nitrogens with one attached hydrogen (secondary N) is 2. The van der Waals surface area contributed by atoms with Crippen LogP contribution in [0.15, 0.2) is 125 Å². The molecule has 1 aliphatic heterocycles. The van der Waals surface area contributed by atoms with E-state index >= 15 is 0 Å². The first-order chi connectivity index (χ1) is 27.4. The van der Waals surface area contributed by atoms with Gasteiger partial charge in [-0.1, -0.05) is 116 Å². The summed E-state index contributed by atoms with van der Waals surface area (Å²) in [7, 11) is 0. The molecule has 1 heterocycles. The fourth-order valence-corrected chi connectivity index (χ4v) is 8.38. The average Bonchev–Trinajstić information content (AvgIpc) is 3.20. The fraction of sp³-hybridized carbons (Fsp3) is 0.348. The Kier molecular flexibility index (Phi) is 12.8. The lowest BCUT2D eigenvalue weighted by Gasteiger charge is -2.38. The van der Waals surface area contributed by atoms with Crippen LogP contribution in [0.25, 0.3) is 0 Å². The summed E-state index contributed by atoms with van der Waals surface area (Å²) in [6, 6.07) is 33.4. The number of carbonyl (C=O) groups excluding carboxylic acids is 2. The van der Waals surface area contributed by atoms with Crippen molar-refractivity contribution in [2.24, 2.45) is 22.0 Å². The molecule has 1 saturated carbocycles. The number of benzene rings is 4. The third-order valence-corrected chi connectivity index (χ3v) is 11.2. The van der Waals surface area contributed by atoms with Crippen molar-refractivity contribution in [1.29, 1.82) is 0 Å². The van der Waals surface area contributed by atoms with E-state index in [0.717, 1.165) is 90.6 Å². The van der Waals surface area contributed by atoms with Gasteiger partial charge >= 0.3 is 12.2 Å². The van der Waals surface area contributed by atoms with Crippen LogP contribution in [0.3, 0.4) is 0 Å². The van der Waals surface area contributed by atoms with Crippen LogP contribution in [-0.4, -0.2) is 35.8 Å². The number of carbonyl (C=O) groups is 2. The zero-order valence-corrected chi connectivity index (χ0v) is 31.8. The molecule has 3 aliphatic rings. The molecule has 56 heavy (non-hydrogen) atoms. The second-order valence-corrected chi connectivity index (χ2v) is 15.0. The van der Waals surface area contributed by atoms with Crippen molar-refractivity contribution in [3.8, 4) is 0 Å². The molecular formula is C46H52N6O4. The summed E-state index contributed by atoms with van der Waals surface area (Å²) in [5, 5.41) is 15.6. The van der Waals surface area contributed by atoms with Gasteiger partial charge in [-0.3, -0.25) is 0 Å². The number of alkyl carbamates (subject to hydrolysis) is 2. The minimum atomic E-state index is -0.476. The standard InChI is InChI=1S/C46H52N6O4/c47-39-24-13-11-21-36(39)43-38-23-5-2-6-26-41(42(38)44(52-51-43)37-22-12-14-25-40(37)48)56-46(54)50-30-33-18-8-10-20-35(33)32-17-7-9-19-34(28-27-32)55-45(53)49-29-31-15-3-1-4-16-31/h1,3-4,8,10-16,18,20-22,24-25,27-28,32,34,38,41-42H,2,5-7,9,17,19,23,26,29-30,47-48H2,(H,49,53)(H,50,54)/b28-27+. The molecule has 0 bridgehead atoms. The summed E-state index contributed by atoms with van der Waals surface area (Å²) in [5.74, 6) is -0.227. The Balaban J connectivity index is 1.05. The monoisotopic (exact) mass is 752 g/mol. The van der Waals surface area contributed by atoms with E-state index in [1.807, 2.05) is 97.1 Å². The van der Waals surface area contributed by atoms with Crippen LogP contribution in [0.5, 0.6) is 0 Å². The molecule has 290 valence electrons. The Bertz CT molecular complexity index is 2060. The molecular weight excluding hydrogens is 701 g/mol. The van der Waals surface area contributed by atoms with E-state index < -0.39 is 18.3 Å². The average molecular weight is 753 g/mol. The number of ether oxygens (including phenoxy) is 2. The molecule has 0 radical (unpaired) electrons. The van der Waals surface area contributed by atoms with Crippen LogP contribution in [0.4, 0.5) is 21.0 Å². The van der Waals surface area contributed by atoms with Crippen LogP contribution in [0, 0.1) is 11.8 Å². The van der Waals surface area contributed by atoms with E-state index in [1.54, 1.807) is 0 Å². The second kappa shape index (κ2) is 18.6. The van der Waals surface area contributed by atoms with Crippen LogP contribution in [0.2, 0.25) is 0 Å². The summed E-state index contributed by atoms with van der Waals surface area (Å²) in [6.45, 7) is 0.722. The predicted molar refractivity (Wildman–Crippen MR) is 222 cm³/mol. The first kappa shape index (κ1) is 38.4. The lowest BCUT2D eigenvalue weighted by molar-refractivity contribution is 0.0577. The molecule has 0 spiro atoms. The third kappa shape index (κ3) is 9.48. The van der Waals surface area contributed by atoms with Gasteiger partial charge in [0.05, 0.1) is 11.4 Å². The van der Waals surface area contributed by atoms with Crippen molar-refractivity contribution in [3.05, 3.63) is 143 Å². The topological polar surface area (TPSA) is 153 Å². The van der Waals surface area contributed by atoms with Gasteiger partial charge in [0, 0.05) is 53.3 Å². The highest BCUT2D eigenvalue weighted by atomic mass is 16.6. The highest BCUT2D eigenvalue weighted by molar-refractivity contribution is 6.15. The lowest BCUT2D eigenvalue weighted by Crippen LogP contribution is -2.45. The Morgan fingerprint density at radius 3 is 2.00 bits per heavy atom. The predicted octanol–water partition coefficient (Wildman–Crippen LogP) is 9.06. The van der Waals surface area contributed by atoms with E-state index in [-0.39, 0.29) is 23.9 Å². The maximum absolute atomic E-state index is 13.8. The Hall–Kier alpha value is -5.90. The number of amides is 2. The minimum absolute atomic E-state index is 0.0699. The number of nitrogens with zero attached hydrogens (tertiary/aromatic N) is 2. The van der Waals surface area contributed by atoms with Gasteiger partial charge in [-0.05, 0) is 73.4 Å². The number of hydrogen-bond acceptors (Lipinski definition) is 8. The molecule has 0 aromatic heterocycles. The van der Waals surface area contributed by atoms with Crippen molar-refractivity contribution in [1.82, 2.24) is 10.6 Å². The first-order valence-electron chi connectivity index (χ1n) is 20.0. The lowest BCUT2D eigenvalue weighted by atomic mass is 9.71. The van der Waals surface area contributed by atoms with Crippen molar-refractivity contribution >= 4 is 35.0 Å². The zero-order chi connectivity index (χ0) is 38.7. The van der Waals surface area contributed by atoms with Gasteiger partial charge in [0.2, 0.25) is 0 Å². The minimum Gasteiger partial charge on any atom is -0.446 e. The van der Waals surface area contributed by atoms with Crippen molar-refractivity contribution < 1.29 is 19.1 Å². The van der Waals surface area contributed by atoms with Gasteiger partial charge in [0.15, 0.2) is 0 Å². The summed E-state index contributed by atoms with van der Waals surface area (Å²) in [6.07, 6.45) is 10.7. The third-order valence-electron chi connectivity index (χ3n) is 11.2. The molecule has 10 nitrogen and oxygen atoms in total. The van der Waals surface area contributed by atoms with Crippen LogP contribution in [0.1, 0.15) is 91.5 Å². The summed E-state index contributed by atoms with van der Waals surface area (Å²) in [5.41, 5.74) is 20.7. The maximum Gasteiger partial charge on any atom is 0.407 e. The molecule has 0 saturated heterocycles. The number of rotatable bonds is 9. The summed E-state index contributed by atoms with van der Waals surface area (Å²) >= 11 is 0. The Labute approximate surface area is 329 Å². The molecule has 4 aromatic rings. The summed E-state index contributed by atoms with van der Waals surface area (Å²) in [4.78, 5) is 26.5. The zero-order valence-electron chi connectivity index (χ0n) is 31.8. The van der Waals surface area contributed by atoms with Crippen molar-refractivity contribution in [2.45, 2.75) is 89.0 Å². The van der Waals surface area contributed by atoms with Gasteiger partial charge in [-0.25, -0.2) is 9.59 Å². The molecule has 10 heteroatoms. The smallest absolute Gasteiger partial charge is 0.407 e. The van der Waals surface area contributed by atoms with Crippen molar-refractivity contribution in [3.63, 3.8) is 0 Å². The second-order valence-electron chi connectivity index (χ2n) is 15.0. The molecule has 5 atom stereocenters. The number of fused-ring (bicyclic) bond motifs is 1. The van der Waals surface area contributed by atoms with E-state index in [1.165, 1.54) is 0 Å². The molecule has 1 fully saturated rings. The quantitative estimate of drug-likeness (QED) is 0.0989. The van der Waals surface area contributed by atoms with Crippen LogP contribution in [-0.2, 0) is 22.6 Å². The molecule has 7 rings (SSSR count). The summed E-state index contributed by atoms with van der Waals surface area (Å²) < 4.78 is 12.2. The van der Waals surface area contributed by atoms with E-state index in [2.05, 4.69) is 28.8 Å². The highest BCUT2D eigenvalue weighted by Crippen LogP contribution is 2.40. The number of anilines is 2. The first-order valence-corrected chi connectivity index (χ1v) is 20.0. The number of nitrogen functional groups attached to an aromatic ring is 2. The SMILES string of the molecule is Nc1ccccc1C1=NN=C(c2ccccc2N)C2C(OC(=O)NCc3ccccc3C3/C=C/C(OC(=O)NCc4ccccc4)CCCC3)CCCCCC12. The number of allylic oxidation sites excluding steroid dienone is 1. The molecule has 5 unspecified atom stereocenters. The van der Waals surface area contributed by atoms with E-state index in [9.17, 15) is 9.59 Å².